The van der Waals surface area contributed by atoms with Crippen molar-refractivity contribution in [3.8, 4) is 17.6 Å². The molecule has 0 fully saturated rings. The van der Waals surface area contributed by atoms with E-state index in [1.54, 1.807) is 36.2 Å². The molecule has 8 heteroatoms. The largest absolute Gasteiger partial charge is 0.496 e. The third-order valence-electron chi connectivity index (χ3n) is 5.26. The molecule has 3 aromatic rings. The number of pyridine rings is 2. The van der Waals surface area contributed by atoms with Gasteiger partial charge in [-0.1, -0.05) is 12.1 Å². The summed E-state index contributed by atoms with van der Waals surface area (Å²) in [7, 11) is 1.57. The van der Waals surface area contributed by atoms with Crippen LogP contribution in [0.2, 0.25) is 0 Å². The van der Waals surface area contributed by atoms with Crippen molar-refractivity contribution < 1.29 is 9.47 Å². The molecule has 1 aromatic carbocycles. The molecule has 156 valence electrons. The number of hydrogen-bond donors (Lipinski definition) is 1. The van der Waals surface area contributed by atoms with Crippen LogP contribution >= 0.6 is 15.9 Å². The SMILES string of the molecule is COc1ccc(C2C(C#N)=C(N)Oc3cc(C)n(Cc4cccnc4)c(=O)c32)cc1Br. The van der Waals surface area contributed by atoms with Gasteiger partial charge in [0.25, 0.3) is 5.56 Å². The summed E-state index contributed by atoms with van der Waals surface area (Å²) in [5.41, 5.74) is 8.73. The summed E-state index contributed by atoms with van der Waals surface area (Å²) in [5.74, 6) is 0.336. The van der Waals surface area contributed by atoms with E-state index in [0.29, 0.717) is 28.1 Å². The first-order valence-corrected chi connectivity index (χ1v) is 10.3. The van der Waals surface area contributed by atoms with E-state index in [2.05, 4.69) is 27.0 Å². The molecule has 0 amide bonds. The average Bonchev–Trinajstić information content (AvgIpc) is 2.76. The Morgan fingerprint density at radius 1 is 1.35 bits per heavy atom. The molecule has 3 heterocycles. The molecule has 4 rings (SSSR count). The van der Waals surface area contributed by atoms with Crippen molar-refractivity contribution in [3.63, 3.8) is 0 Å². The predicted octanol–water partition coefficient (Wildman–Crippen LogP) is 3.59. The van der Waals surface area contributed by atoms with E-state index in [9.17, 15) is 10.1 Å². The van der Waals surface area contributed by atoms with Gasteiger partial charge >= 0.3 is 0 Å². The molecule has 0 spiro atoms. The number of methoxy groups -OCH3 is 1. The lowest BCUT2D eigenvalue weighted by Gasteiger charge is -2.27. The lowest BCUT2D eigenvalue weighted by Crippen LogP contribution is -2.33. The molecule has 1 aliphatic heterocycles. The van der Waals surface area contributed by atoms with E-state index in [-0.39, 0.29) is 17.0 Å². The molecule has 0 saturated heterocycles. The van der Waals surface area contributed by atoms with Crippen molar-refractivity contribution in [3.05, 3.63) is 97.5 Å². The van der Waals surface area contributed by atoms with E-state index >= 15 is 0 Å². The number of hydrogen-bond acceptors (Lipinski definition) is 6. The second-order valence-corrected chi connectivity index (χ2v) is 7.99. The Hall–Kier alpha value is -3.57. The van der Waals surface area contributed by atoms with Crippen LogP contribution in [0.15, 0.2) is 69.5 Å². The summed E-state index contributed by atoms with van der Waals surface area (Å²) in [6.45, 7) is 2.19. The maximum Gasteiger partial charge on any atom is 0.259 e. The van der Waals surface area contributed by atoms with E-state index in [0.717, 1.165) is 16.8 Å². The zero-order chi connectivity index (χ0) is 22.1. The van der Waals surface area contributed by atoms with Crippen LogP contribution in [0.4, 0.5) is 0 Å². The smallest absolute Gasteiger partial charge is 0.259 e. The van der Waals surface area contributed by atoms with E-state index < -0.39 is 5.92 Å². The van der Waals surface area contributed by atoms with Crippen molar-refractivity contribution in [2.75, 3.05) is 7.11 Å². The maximum absolute atomic E-state index is 13.7. The minimum absolute atomic E-state index is 0.00394. The quantitative estimate of drug-likeness (QED) is 0.614. The Kier molecular flexibility index (Phi) is 5.53. The Morgan fingerprint density at radius 2 is 2.16 bits per heavy atom. The van der Waals surface area contributed by atoms with Crippen LogP contribution in [-0.4, -0.2) is 16.7 Å². The standard InChI is InChI=1S/C23H19BrN4O3/c1-13-8-19-21(23(29)28(13)12-14-4-3-7-27-11-14)20(16(10-25)22(26)31-19)15-5-6-18(30-2)17(24)9-15/h3-9,11,20H,12,26H2,1-2H3. The zero-order valence-corrected chi connectivity index (χ0v) is 18.5. The van der Waals surface area contributed by atoms with Crippen LogP contribution in [0, 0.1) is 18.3 Å². The molecule has 2 N–H and O–H groups in total. The maximum atomic E-state index is 13.7. The van der Waals surface area contributed by atoms with E-state index in [4.69, 9.17) is 15.2 Å². The fraction of sp³-hybridized carbons (Fsp3) is 0.174. The summed E-state index contributed by atoms with van der Waals surface area (Å²) in [6, 6.07) is 13.1. The van der Waals surface area contributed by atoms with Crippen LogP contribution < -0.4 is 20.8 Å². The third kappa shape index (κ3) is 3.68. The molecule has 7 nitrogen and oxygen atoms in total. The van der Waals surface area contributed by atoms with Gasteiger partial charge in [-0.25, -0.2) is 0 Å². The lowest BCUT2D eigenvalue weighted by atomic mass is 9.84. The Bertz CT molecular complexity index is 1290. The summed E-state index contributed by atoms with van der Waals surface area (Å²) in [4.78, 5) is 17.8. The monoisotopic (exact) mass is 478 g/mol. The van der Waals surface area contributed by atoms with Gasteiger partial charge in [-0.05, 0) is 52.2 Å². The number of rotatable bonds is 4. The highest BCUT2D eigenvalue weighted by molar-refractivity contribution is 9.10. The fourth-order valence-electron chi connectivity index (χ4n) is 3.75. The number of nitrogens with two attached hydrogens (primary N) is 1. The Labute approximate surface area is 187 Å². The number of halogens is 1. The molecule has 31 heavy (non-hydrogen) atoms. The number of nitriles is 1. The van der Waals surface area contributed by atoms with Crippen LogP contribution in [0.3, 0.4) is 0 Å². The molecule has 0 aliphatic carbocycles. The molecule has 2 aromatic heterocycles. The van der Waals surface area contributed by atoms with Crippen molar-refractivity contribution in [2.45, 2.75) is 19.4 Å². The predicted molar refractivity (Wildman–Crippen MR) is 119 cm³/mol. The molecular formula is C23H19BrN4O3. The van der Waals surface area contributed by atoms with Gasteiger partial charge in [0, 0.05) is 24.2 Å². The molecule has 0 radical (unpaired) electrons. The summed E-state index contributed by atoms with van der Waals surface area (Å²) in [5, 5.41) is 9.82. The molecular weight excluding hydrogens is 460 g/mol. The topological polar surface area (TPSA) is 103 Å². The van der Waals surface area contributed by atoms with Gasteiger partial charge in [-0.3, -0.25) is 9.78 Å². The van der Waals surface area contributed by atoms with Crippen molar-refractivity contribution >= 4 is 15.9 Å². The highest BCUT2D eigenvalue weighted by atomic mass is 79.9. The van der Waals surface area contributed by atoms with Gasteiger partial charge in [0.2, 0.25) is 5.88 Å². The number of benzene rings is 1. The van der Waals surface area contributed by atoms with Gasteiger partial charge in [0.05, 0.1) is 29.6 Å². The second-order valence-electron chi connectivity index (χ2n) is 7.14. The zero-order valence-electron chi connectivity index (χ0n) is 16.9. The van der Waals surface area contributed by atoms with Crippen molar-refractivity contribution in [2.24, 2.45) is 5.73 Å². The van der Waals surface area contributed by atoms with Crippen molar-refractivity contribution in [1.29, 1.82) is 5.26 Å². The van der Waals surface area contributed by atoms with Crippen LogP contribution in [-0.2, 0) is 6.54 Å². The van der Waals surface area contributed by atoms with Gasteiger partial charge < -0.3 is 19.8 Å². The Balaban J connectivity index is 1.93. The van der Waals surface area contributed by atoms with Gasteiger partial charge in [0.15, 0.2) is 0 Å². The number of nitrogens with zero attached hydrogens (tertiary/aromatic N) is 3. The summed E-state index contributed by atoms with van der Waals surface area (Å²) in [6.07, 6.45) is 3.41. The number of ether oxygens (including phenoxy) is 2. The molecule has 1 aliphatic rings. The second kappa shape index (κ2) is 8.28. The van der Waals surface area contributed by atoms with Gasteiger partial charge in [-0.15, -0.1) is 0 Å². The number of fused-ring (bicyclic) bond motifs is 1. The third-order valence-corrected chi connectivity index (χ3v) is 5.88. The van der Waals surface area contributed by atoms with Crippen LogP contribution in [0.25, 0.3) is 0 Å². The number of aromatic nitrogens is 2. The first-order chi connectivity index (χ1) is 14.9. The molecule has 1 atom stereocenters. The Morgan fingerprint density at radius 3 is 2.81 bits per heavy atom. The highest BCUT2D eigenvalue weighted by Crippen LogP contribution is 2.42. The number of allylic oxidation sites excluding steroid dienone is 1. The van der Waals surface area contributed by atoms with Crippen LogP contribution in [0.5, 0.6) is 11.5 Å². The minimum atomic E-state index is -0.663. The van der Waals surface area contributed by atoms with E-state index in [1.807, 2.05) is 31.2 Å². The summed E-state index contributed by atoms with van der Waals surface area (Å²) < 4.78 is 13.4. The highest BCUT2D eigenvalue weighted by Gasteiger charge is 2.34. The van der Waals surface area contributed by atoms with Gasteiger partial charge in [0.1, 0.15) is 23.1 Å². The van der Waals surface area contributed by atoms with Gasteiger partial charge in [-0.2, -0.15) is 5.26 Å². The first kappa shape index (κ1) is 20.7. The normalized spacial score (nSPS) is 15.1. The fourth-order valence-corrected chi connectivity index (χ4v) is 4.31. The average molecular weight is 479 g/mol. The molecule has 1 unspecified atom stereocenters. The minimum Gasteiger partial charge on any atom is -0.496 e. The number of aryl methyl sites for hydroxylation is 1. The first-order valence-electron chi connectivity index (χ1n) is 9.48. The van der Waals surface area contributed by atoms with Crippen molar-refractivity contribution in [1.82, 2.24) is 9.55 Å². The molecule has 0 bridgehead atoms. The molecule has 0 saturated carbocycles. The van der Waals surface area contributed by atoms with Crippen LogP contribution in [0.1, 0.15) is 28.3 Å². The van der Waals surface area contributed by atoms with E-state index in [1.165, 1.54) is 0 Å². The summed E-state index contributed by atoms with van der Waals surface area (Å²) >= 11 is 3.48. The lowest BCUT2D eigenvalue weighted by molar-refractivity contribution is 0.388.